The van der Waals surface area contributed by atoms with Gasteiger partial charge in [0.15, 0.2) is 0 Å². The molecule has 6 heteroatoms. The average Bonchev–Trinajstić information content (AvgIpc) is 2.49. The summed E-state index contributed by atoms with van der Waals surface area (Å²) in [5.41, 5.74) is 0.153. The van der Waals surface area contributed by atoms with Crippen LogP contribution in [0.1, 0.15) is 32.3 Å². The number of hydrogen-bond donors (Lipinski definition) is 3. The van der Waals surface area contributed by atoms with Gasteiger partial charge in [0.05, 0.1) is 5.41 Å². The largest absolute Gasteiger partial charge is 0.481 e. The fourth-order valence-corrected chi connectivity index (χ4v) is 2.06. The van der Waals surface area contributed by atoms with E-state index in [2.05, 4.69) is 15.6 Å². The van der Waals surface area contributed by atoms with Crippen LogP contribution in [0, 0.1) is 5.41 Å². The highest BCUT2D eigenvalue weighted by Gasteiger charge is 2.35. The Morgan fingerprint density at radius 1 is 1.29 bits per heavy atom. The summed E-state index contributed by atoms with van der Waals surface area (Å²) in [5, 5.41) is 14.6. The van der Waals surface area contributed by atoms with Crippen LogP contribution in [0.2, 0.25) is 0 Å². The van der Waals surface area contributed by atoms with Crippen LogP contribution in [0.5, 0.6) is 0 Å². The monoisotopic (exact) mass is 293 g/mol. The van der Waals surface area contributed by atoms with Gasteiger partial charge < -0.3 is 15.7 Å². The number of carboxylic acids is 1. The molecule has 0 spiro atoms. The molecule has 0 aliphatic carbocycles. The Balaban J connectivity index is 2.35. The Bertz CT molecular complexity index is 458. The van der Waals surface area contributed by atoms with E-state index >= 15 is 0 Å². The zero-order valence-electron chi connectivity index (χ0n) is 12.6. The molecular formula is C15H23N3O3. The van der Waals surface area contributed by atoms with Gasteiger partial charge in [0.2, 0.25) is 0 Å². The molecular weight excluding hydrogens is 270 g/mol. The minimum atomic E-state index is -0.888. The lowest BCUT2D eigenvalue weighted by atomic mass is 9.82. The lowest BCUT2D eigenvalue weighted by molar-refractivity contribution is -0.149. The van der Waals surface area contributed by atoms with Crippen LogP contribution >= 0.6 is 0 Å². The summed E-state index contributed by atoms with van der Waals surface area (Å²) in [6.07, 6.45) is 5.10. The standard InChI is InChI=1S/C15H23N3O3/c1-3-15(4-2,13(19)20)11-18-14(21)17-9-7-12-6-5-8-16-10-12/h5-6,8,10H,3-4,7,9,11H2,1-2H3,(H,19,20)(H2,17,18,21). The molecule has 3 N–H and O–H groups in total. The summed E-state index contributed by atoms with van der Waals surface area (Å²) in [6.45, 7) is 4.25. The minimum absolute atomic E-state index is 0.133. The molecule has 0 fully saturated rings. The minimum Gasteiger partial charge on any atom is -0.481 e. The number of aliphatic carboxylic acids is 1. The molecule has 0 saturated carbocycles. The second-order valence-electron chi connectivity index (χ2n) is 5.01. The first-order valence-corrected chi connectivity index (χ1v) is 7.18. The zero-order chi connectivity index (χ0) is 15.7. The Morgan fingerprint density at radius 2 is 2.00 bits per heavy atom. The van der Waals surface area contributed by atoms with E-state index < -0.39 is 11.4 Å². The molecule has 0 aromatic carbocycles. The highest BCUT2D eigenvalue weighted by atomic mass is 16.4. The van der Waals surface area contributed by atoms with Gasteiger partial charge in [0, 0.05) is 25.5 Å². The number of carbonyl (C=O) groups excluding carboxylic acids is 1. The number of amides is 2. The van der Waals surface area contributed by atoms with Gasteiger partial charge in [-0.1, -0.05) is 19.9 Å². The molecule has 1 aromatic heterocycles. The van der Waals surface area contributed by atoms with Gasteiger partial charge in [-0.3, -0.25) is 9.78 Å². The van der Waals surface area contributed by atoms with Crippen molar-refractivity contribution in [2.24, 2.45) is 5.41 Å². The molecule has 1 rings (SSSR count). The maximum atomic E-state index is 11.7. The van der Waals surface area contributed by atoms with Crippen molar-refractivity contribution in [2.45, 2.75) is 33.1 Å². The second kappa shape index (κ2) is 8.24. The van der Waals surface area contributed by atoms with Gasteiger partial charge in [-0.15, -0.1) is 0 Å². The molecule has 116 valence electrons. The van der Waals surface area contributed by atoms with Gasteiger partial charge in [0.1, 0.15) is 0 Å². The summed E-state index contributed by atoms with van der Waals surface area (Å²) in [5.74, 6) is -0.872. The molecule has 0 aliphatic heterocycles. The molecule has 0 saturated heterocycles. The molecule has 2 amide bonds. The molecule has 0 bridgehead atoms. The quantitative estimate of drug-likeness (QED) is 0.681. The van der Waals surface area contributed by atoms with Crippen molar-refractivity contribution < 1.29 is 14.7 Å². The number of urea groups is 1. The number of hydrogen-bond acceptors (Lipinski definition) is 3. The van der Waals surface area contributed by atoms with Gasteiger partial charge in [-0.25, -0.2) is 4.79 Å². The summed E-state index contributed by atoms with van der Waals surface area (Å²) in [7, 11) is 0. The van der Waals surface area contributed by atoms with E-state index in [0.29, 0.717) is 25.8 Å². The number of carbonyl (C=O) groups is 2. The first-order valence-electron chi connectivity index (χ1n) is 7.18. The van der Waals surface area contributed by atoms with Crippen LogP contribution in [0.4, 0.5) is 4.79 Å². The number of nitrogens with zero attached hydrogens (tertiary/aromatic N) is 1. The third-order valence-electron chi connectivity index (χ3n) is 3.82. The average molecular weight is 293 g/mol. The number of rotatable bonds is 8. The maximum absolute atomic E-state index is 11.7. The predicted octanol–water partition coefficient (Wildman–Crippen LogP) is 1.81. The topological polar surface area (TPSA) is 91.3 Å². The van der Waals surface area contributed by atoms with E-state index in [1.54, 1.807) is 12.4 Å². The molecule has 1 heterocycles. The lowest BCUT2D eigenvalue weighted by Gasteiger charge is -2.26. The molecule has 1 aromatic rings. The van der Waals surface area contributed by atoms with Gasteiger partial charge in [-0.2, -0.15) is 0 Å². The van der Waals surface area contributed by atoms with E-state index in [9.17, 15) is 14.7 Å². The Kier molecular flexibility index (Phi) is 6.65. The van der Waals surface area contributed by atoms with E-state index in [-0.39, 0.29) is 12.6 Å². The first-order chi connectivity index (χ1) is 10.0. The lowest BCUT2D eigenvalue weighted by Crippen LogP contribution is -2.46. The zero-order valence-corrected chi connectivity index (χ0v) is 12.6. The normalized spacial score (nSPS) is 11.0. The van der Waals surface area contributed by atoms with Gasteiger partial charge in [-0.05, 0) is 30.9 Å². The van der Waals surface area contributed by atoms with Crippen molar-refractivity contribution in [3.63, 3.8) is 0 Å². The Morgan fingerprint density at radius 3 is 2.52 bits per heavy atom. The highest BCUT2D eigenvalue weighted by Crippen LogP contribution is 2.25. The van der Waals surface area contributed by atoms with Crippen molar-refractivity contribution in [3.8, 4) is 0 Å². The summed E-state index contributed by atoms with van der Waals surface area (Å²) >= 11 is 0. The van der Waals surface area contributed by atoms with Crippen LogP contribution in [-0.4, -0.2) is 35.2 Å². The third kappa shape index (κ3) is 5.06. The van der Waals surface area contributed by atoms with Gasteiger partial charge >= 0.3 is 12.0 Å². The Hall–Kier alpha value is -2.11. The maximum Gasteiger partial charge on any atom is 0.314 e. The SMILES string of the molecule is CCC(CC)(CNC(=O)NCCc1cccnc1)C(=O)O. The number of aromatic nitrogens is 1. The van der Waals surface area contributed by atoms with Crippen molar-refractivity contribution in [3.05, 3.63) is 30.1 Å². The van der Waals surface area contributed by atoms with Crippen LogP contribution in [0.3, 0.4) is 0 Å². The third-order valence-corrected chi connectivity index (χ3v) is 3.82. The van der Waals surface area contributed by atoms with E-state index in [1.807, 2.05) is 26.0 Å². The van der Waals surface area contributed by atoms with E-state index in [0.717, 1.165) is 5.56 Å². The molecule has 0 radical (unpaired) electrons. The second-order valence-corrected chi connectivity index (χ2v) is 5.01. The summed E-state index contributed by atoms with van der Waals surface area (Å²) < 4.78 is 0. The van der Waals surface area contributed by atoms with Crippen molar-refractivity contribution in [2.75, 3.05) is 13.1 Å². The van der Waals surface area contributed by atoms with Gasteiger partial charge in [0.25, 0.3) is 0 Å². The summed E-state index contributed by atoms with van der Waals surface area (Å²) in [4.78, 5) is 27.0. The van der Waals surface area contributed by atoms with Crippen LogP contribution in [-0.2, 0) is 11.2 Å². The fraction of sp³-hybridized carbons (Fsp3) is 0.533. The Labute approximate surface area is 125 Å². The van der Waals surface area contributed by atoms with E-state index in [4.69, 9.17) is 0 Å². The molecule has 0 unspecified atom stereocenters. The molecule has 0 aliphatic rings. The molecule has 6 nitrogen and oxygen atoms in total. The smallest absolute Gasteiger partial charge is 0.314 e. The van der Waals surface area contributed by atoms with Crippen molar-refractivity contribution >= 4 is 12.0 Å². The number of carboxylic acid groups (broad SMARTS) is 1. The predicted molar refractivity (Wildman–Crippen MR) is 80.0 cm³/mol. The van der Waals surface area contributed by atoms with E-state index in [1.165, 1.54) is 0 Å². The van der Waals surface area contributed by atoms with Crippen LogP contribution in [0.15, 0.2) is 24.5 Å². The first kappa shape index (κ1) is 16.9. The van der Waals surface area contributed by atoms with Crippen LogP contribution < -0.4 is 10.6 Å². The van der Waals surface area contributed by atoms with Crippen LogP contribution in [0.25, 0.3) is 0 Å². The summed E-state index contributed by atoms with van der Waals surface area (Å²) in [6, 6.07) is 3.45. The molecule has 0 atom stereocenters. The fourth-order valence-electron chi connectivity index (χ4n) is 2.06. The number of pyridine rings is 1. The van der Waals surface area contributed by atoms with Crippen molar-refractivity contribution in [1.82, 2.24) is 15.6 Å². The molecule has 21 heavy (non-hydrogen) atoms. The number of nitrogens with one attached hydrogen (secondary N) is 2. The van der Waals surface area contributed by atoms with Crippen molar-refractivity contribution in [1.29, 1.82) is 0 Å². The highest BCUT2D eigenvalue weighted by molar-refractivity contribution is 5.78.